The van der Waals surface area contributed by atoms with Crippen LogP contribution in [0.3, 0.4) is 0 Å². The van der Waals surface area contributed by atoms with Crippen LogP contribution in [0.1, 0.15) is 13.3 Å². The van der Waals surface area contributed by atoms with Crippen molar-refractivity contribution in [3.63, 3.8) is 0 Å². The number of hydrogen-bond donors (Lipinski definition) is 1. The van der Waals surface area contributed by atoms with E-state index in [1.807, 2.05) is 6.92 Å². The Balaban J connectivity index is 2.33. The fraction of sp³-hybridized carbons (Fsp3) is 0.286. The van der Waals surface area contributed by atoms with Crippen molar-refractivity contribution >= 4 is 5.82 Å². The topological polar surface area (TPSA) is 47.0 Å². The summed E-state index contributed by atoms with van der Waals surface area (Å²) in [6.45, 7) is 2.72. The number of para-hydroxylation sites is 1. The molecule has 0 saturated heterocycles. The van der Waals surface area contributed by atoms with Gasteiger partial charge in [-0.3, -0.25) is 0 Å². The predicted molar refractivity (Wildman–Crippen MR) is 72.9 cm³/mol. The molecule has 1 heterocycles. The number of halogens is 3. The van der Waals surface area contributed by atoms with E-state index in [1.54, 1.807) is 12.1 Å². The van der Waals surface area contributed by atoms with Gasteiger partial charge in [0.2, 0.25) is 0 Å². The summed E-state index contributed by atoms with van der Waals surface area (Å²) in [6, 6.07) is 7.45. The summed E-state index contributed by atoms with van der Waals surface area (Å²) in [5.74, 6) is 0.414. The van der Waals surface area contributed by atoms with Gasteiger partial charge < -0.3 is 10.1 Å². The smallest absolute Gasteiger partial charge is 0.405 e. The van der Waals surface area contributed by atoms with Gasteiger partial charge in [-0.15, -0.1) is 13.2 Å². The largest absolute Gasteiger partial charge is 0.573 e. The van der Waals surface area contributed by atoms with E-state index in [0.717, 1.165) is 13.0 Å². The van der Waals surface area contributed by atoms with Crippen LogP contribution in [0.15, 0.2) is 36.5 Å². The fourth-order valence-electron chi connectivity index (χ4n) is 1.71. The molecule has 0 aliphatic rings. The Morgan fingerprint density at radius 1 is 1.19 bits per heavy atom. The number of benzene rings is 1. The zero-order valence-corrected chi connectivity index (χ0v) is 11.3. The summed E-state index contributed by atoms with van der Waals surface area (Å²) < 4.78 is 41.2. The van der Waals surface area contributed by atoms with E-state index in [2.05, 4.69) is 20.0 Å². The molecular formula is C14H14F3N3O. The Hall–Kier alpha value is -2.31. The molecule has 21 heavy (non-hydrogen) atoms. The summed E-state index contributed by atoms with van der Waals surface area (Å²) >= 11 is 0. The molecule has 7 heteroatoms. The number of ether oxygens (including phenoxy) is 1. The predicted octanol–water partition coefficient (Wildman–Crippen LogP) is 3.86. The maximum atomic E-state index is 12.4. The van der Waals surface area contributed by atoms with Gasteiger partial charge in [-0.1, -0.05) is 19.1 Å². The molecule has 0 amide bonds. The normalized spacial score (nSPS) is 11.2. The van der Waals surface area contributed by atoms with Crippen LogP contribution < -0.4 is 10.1 Å². The third-order valence-electron chi connectivity index (χ3n) is 2.57. The second kappa shape index (κ2) is 6.43. The van der Waals surface area contributed by atoms with E-state index in [4.69, 9.17) is 0 Å². The number of hydrogen-bond acceptors (Lipinski definition) is 4. The average Bonchev–Trinajstić information content (AvgIpc) is 2.44. The lowest BCUT2D eigenvalue weighted by atomic mass is 10.2. The molecule has 0 unspecified atom stereocenters. The zero-order valence-electron chi connectivity index (χ0n) is 11.3. The van der Waals surface area contributed by atoms with Crippen molar-refractivity contribution in [3.8, 4) is 17.1 Å². The Morgan fingerprint density at radius 2 is 1.95 bits per heavy atom. The van der Waals surface area contributed by atoms with E-state index in [1.165, 1.54) is 24.4 Å². The minimum Gasteiger partial charge on any atom is -0.405 e. The van der Waals surface area contributed by atoms with Crippen LogP contribution in [0.2, 0.25) is 0 Å². The number of nitrogens with zero attached hydrogens (tertiary/aromatic N) is 2. The van der Waals surface area contributed by atoms with Gasteiger partial charge in [-0.25, -0.2) is 9.97 Å². The molecule has 0 aliphatic heterocycles. The number of nitrogens with one attached hydrogen (secondary N) is 1. The maximum absolute atomic E-state index is 12.4. The highest BCUT2D eigenvalue weighted by Crippen LogP contribution is 2.32. The second-order valence-corrected chi connectivity index (χ2v) is 4.24. The van der Waals surface area contributed by atoms with Crippen LogP contribution in [-0.4, -0.2) is 22.9 Å². The van der Waals surface area contributed by atoms with Crippen molar-refractivity contribution < 1.29 is 17.9 Å². The zero-order chi connectivity index (χ0) is 15.3. The lowest BCUT2D eigenvalue weighted by Crippen LogP contribution is -2.17. The monoisotopic (exact) mass is 297 g/mol. The van der Waals surface area contributed by atoms with Crippen molar-refractivity contribution in [1.82, 2.24) is 9.97 Å². The standard InChI is InChI=1S/C14H14F3N3O/c1-2-8-18-12-7-9-19-13(20-12)10-5-3-4-6-11(10)21-14(15,16)17/h3-7,9H,2,8H2,1H3,(H,18,19,20). The van der Waals surface area contributed by atoms with Crippen molar-refractivity contribution in [2.45, 2.75) is 19.7 Å². The van der Waals surface area contributed by atoms with Crippen molar-refractivity contribution in [2.75, 3.05) is 11.9 Å². The van der Waals surface area contributed by atoms with Gasteiger partial charge in [0.1, 0.15) is 11.6 Å². The molecule has 4 nitrogen and oxygen atoms in total. The molecule has 0 atom stereocenters. The Bertz CT molecular complexity index is 602. The minimum atomic E-state index is -4.76. The van der Waals surface area contributed by atoms with E-state index in [9.17, 15) is 13.2 Å². The van der Waals surface area contributed by atoms with Crippen LogP contribution in [0.5, 0.6) is 5.75 Å². The summed E-state index contributed by atoms with van der Waals surface area (Å²) in [6.07, 6.45) is -2.36. The van der Waals surface area contributed by atoms with Gasteiger partial charge in [-0.05, 0) is 24.6 Å². The number of rotatable bonds is 5. The average molecular weight is 297 g/mol. The molecule has 2 rings (SSSR count). The molecule has 0 aliphatic carbocycles. The summed E-state index contributed by atoms with van der Waals surface area (Å²) in [7, 11) is 0. The van der Waals surface area contributed by atoms with Gasteiger partial charge in [0, 0.05) is 12.7 Å². The summed E-state index contributed by atoms with van der Waals surface area (Å²) in [4.78, 5) is 8.21. The van der Waals surface area contributed by atoms with Crippen molar-refractivity contribution in [2.24, 2.45) is 0 Å². The van der Waals surface area contributed by atoms with E-state index in [0.29, 0.717) is 5.82 Å². The first kappa shape index (κ1) is 15.1. The molecule has 0 spiro atoms. The molecule has 2 aromatic rings. The highest BCUT2D eigenvalue weighted by molar-refractivity contribution is 5.65. The molecule has 0 bridgehead atoms. The SMILES string of the molecule is CCCNc1ccnc(-c2ccccc2OC(F)(F)F)n1. The Labute approximate surface area is 120 Å². The first-order valence-corrected chi connectivity index (χ1v) is 6.41. The quantitative estimate of drug-likeness (QED) is 0.910. The van der Waals surface area contributed by atoms with E-state index < -0.39 is 6.36 Å². The van der Waals surface area contributed by atoms with Gasteiger partial charge in [0.25, 0.3) is 0 Å². The van der Waals surface area contributed by atoms with Crippen LogP contribution in [0, 0.1) is 0 Å². The van der Waals surface area contributed by atoms with Gasteiger partial charge in [-0.2, -0.15) is 0 Å². The molecule has 1 N–H and O–H groups in total. The fourth-order valence-corrected chi connectivity index (χ4v) is 1.71. The number of anilines is 1. The molecule has 1 aromatic carbocycles. The van der Waals surface area contributed by atoms with Crippen LogP contribution in [-0.2, 0) is 0 Å². The molecule has 1 aromatic heterocycles. The van der Waals surface area contributed by atoms with Gasteiger partial charge in [0.15, 0.2) is 5.82 Å². The van der Waals surface area contributed by atoms with Gasteiger partial charge >= 0.3 is 6.36 Å². The minimum absolute atomic E-state index is 0.177. The molecule has 0 saturated carbocycles. The first-order chi connectivity index (χ1) is 9.99. The third-order valence-corrected chi connectivity index (χ3v) is 2.57. The highest BCUT2D eigenvalue weighted by atomic mass is 19.4. The molecule has 0 fully saturated rings. The van der Waals surface area contributed by atoms with E-state index >= 15 is 0 Å². The first-order valence-electron chi connectivity index (χ1n) is 6.41. The van der Waals surface area contributed by atoms with E-state index in [-0.39, 0.29) is 17.1 Å². The summed E-state index contributed by atoms with van der Waals surface area (Å²) in [5, 5.41) is 3.06. The van der Waals surface area contributed by atoms with Crippen molar-refractivity contribution in [3.05, 3.63) is 36.5 Å². The Morgan fingerprint density at radius 3 is 2.67 bits per heavy atom. The second-order valence-electron chi connectivity index (χ2n) is 4.24. The third kappa shape index (κ3) is 4.34. The van der Waals surface area contributed by atoms with Gasteiger partial charge in [0.05, 0.1) is 5.56 Å². The number of alkyl halides is 3. The van der Waals surface area contributed by atoms with Crippen LogP contribution in [0.4, 0.5) is 19.0 Å². The molecular weight excluding hydrogens is 283 g/mol. The van der Waals surface area contributed by atoms with Crippen molar-refractivity contribution in [1.29, 1.82) is 0 Å². The highest BCUT2D eigenvalue weighted by Gasteiger charge is 2.32. The molecule has 112 valence electrons. The number of aromatic nitrogens is 2. The Kier molecular flexibility index (Phi) is 4.62. The lowest BCUT2D eigenvalue weighted by Gasteiger charge is -2.12. The molecule has 0 radical (unpaired) electrons. The lowest BCUT2D eigenvalue weighted by molar-refractivity contribution is -0.274. The van der Waals surface area contributed by atoms with Crippen LogP contribution >= 0.6 is 0 Å². The summed E-state index contributed by atoms with van der Waals surface area (Å²) in [5.41, 5.74) is 0.190. The van der Waals surface area contributed by atoms with Crippen LogP contribution in [0.25, 0.3) is 11.4 Å². The maximum Gasteiger partial charge on any atom is 0.573 e.